The van der Waals surface area contributed by atoms with E-state index in [9.17, 15) is 0 Å². The molecule has 16 heavy (non-hydrogen) atoms. The van der Waals surface area contributed by atoms with Gasteiger partial charge in [0.1, 0.15) is 0 Å². The van der Waals surface area contributed by atoms with Gasteiger partial charge in [-0.25, -0.2) is 0 Å². The second kappa shape index (κ2) is 6.61. The largest absolute Gasteiger partial charge is 0.315 e. The van der Waals surface area contributed by atoms with Crippen molar-refractivity contribution in [2.45, 2.75) is 59.5 Å². The third-order valence-corrected chi connectivity index (χ3v) is 3.70. The van der Waals surface area contributed by atoms with Crippen LogP contribution in [0.1, 0.15) is 47.5 Å². The SMILES string of the molecule is CCC(CNCC(C)C)N1CC(C)CC1C. The average molecular weight is 226 g/mol. The lowest BCUT2D eigenvalue weighted by molar-refractivity contribution is 0.176. The Balaban J connectivity index is 2.35. The van der Waals surface area contributed by atoms with Gasteiger partial charge in [-0.1, -0.05) is 27.7 Å². The Labute approximate surface area is 102 Å². The molecular formula is C14H30N2. The maximum absolute atomic E-state index is 3.61. The number of hydrogen-bond acceptors (Lipinski definition) is 2. The molecule has 1 rings (SSSR count). The second-order valence-electron chi connectivity index (χ2n) is 6.00. The maximum Gasteiger partial charge on any atom is 0.0220 e. The molecule has 0 radical (unpaired) electrons. The van der Waals surface area contributed by atoms with Gasteiger partial charge in [-0.05, 0) is 38.1 Å². The van der Waals surface area contributed by atoms with E-state index in [0.29, 0.717) is 0 Å². The van der Waals surface area contributed by atoms with Crippen molar-refractivity contribution in [3.05, 3.63) is 0 Å². The predicted molar refractivity (Wildman–Crippen MR) is 71.7 cm³/mol. The van der Waals surface area contributed by atoms with Gasteiger partial charge in [0, 0.05) is 25.2 Å². The highest BCUT2D eigenvalue weighted by Crippen LogP contribution is 2.25. The Morgan fingerprint density at radius 2 is 1.94 bits per heavy atom. The molecule has 1 heterocycles. The van der Waals surface area contributed by atoms with Crippen LogP contribution in [0.4, 0.5) is 0 Å². The molecule has 1 aliphatic rings. The Bertz CT molecular complexity index is 191. The zero-order valence-electron chi connectivity index (χ0n) is 11.8. The smallest absolute Gasteiger partial charge is 0.0220 e. The number of rotatable bonds is 6. The first-order chi connectivity index (χ1) is 7.54. The maximum atomic E-state index is 3.61. The first kappa shape index (κ1) is 14.0. The van der Waals surface area contributed by atoms with E-state index in [2.05, 4.69) is 44.8 Å². The number of hydrogen-bond donors (Lipinski definition) is 1. The molecule has 3 unspecified atom stereocenters. The van der Waals surface area contributed by atoms with E-state index in [4.69, 9.17) is 0 Å². The van der Waals surface area contributed by atoms with Gasteiger partial charge >= 0.3 is 0 Å². The second-order valence-corrected chi connectivity index (χ2v) is 6.00. The Kier molecular flexibility index (Phi) is 5.77. The lowest BCUT2D eigenvalue weighted by Gasteiger charge is -2.31. The third-order valence-electron chi connectivity index (χ3n) is 3.70. The van der Waals surface area contributed by atoms with Gasteiger partial charge in [-0.15, -0.1) is 0 Å². The zero-order chi connectivity index (χ0) is 12.1. The molecule has 0 amide bonds. The summed E-state index contributed by atoms with van der Waals surface area (Å²) in [7, 11) is 0. The van der Waals surface area contributed by atoms with Crippen molar-refractivity contribution in [1.82, 2.24) is 10.2 Å². The number of nitrogens with zero attached hydrogens (tertiary/aromatic N) is 1. The summed E-state index contributed by atoms with van der Waals surface area (Å²) in [4.78, 5) is 2.71. The molecule has 0 aromatic heterocycles. The molecule has 1 N–H and O–H groups in total. The van der Waals surface area contributed by atoms with E-state index in [-0.39, 0.29) is 0 Å². The molecule has 3 atom stereocenters. The van der Waals surface area contributed by atoms with E-state index >= 15 is 0 Å². The van der Waals surface area contributed by atoms with Crippen molar-refractivity contribution in [2.75, 3.05) is 19.6 Å². The summed E-state index contributed by atoms with van der Waals surface area (Å²) in [5.41, 5.74) is 0. The first-order valence-corrected chi connectivity index (χ1v) is 7.01. The highest BCUT2D eigenvalue weighted by Gasteiger charge is 2.30. The molecule has 0 aliphatic carbocycles. The molecule has 96 valence electrons. The van der Waals surface area contributed by atoms with Crippen LogP contribution in [0.25, 0.3) is 0 Å². The summed E-state index contributed by atoms with van der Waals surface area (Å²) < 4.78 is 0. The Morgan fingerprint density at radius 1 is 1.25 bits per heavy atom. The van der Waals surface area contributed by atoms with Gasteiger partial charge in [0.2, 0.25) is 0 Å². The van der Waals surface area contributed by atoms with Crippen molar-refractivity contribution in [1.29, 1.82) is 0 Å². The number of likely N-dealkylation sites (tertiary alicyclic amines) is 1. The van der Waals surface area contributed by atoms with E-state index in [1.165, 1.54) is 19.4 Å². The van der Waals surface area contributed by atoms with Crippen LogP contribution in [-0.4, -0.2) is 36.6 Å². The molecule has 1 saturated heterocycles. The minimum Gasteiger partial charge on any atom is -0.315 e. The average Bonchev–Trinajstić information content (AvgIpc) is 2.52. The zero-order valence-corrected chi connectivity index (χ0v) is 11.8. The van der Waals surface area contributed by atoms with Crippen LogP contribution in [0.2, 0.25) is 0 Å². The Hall–Kier alpha value is -0.0800. The Morgan fingerprint density at radius 3 is 2.38 bits per heavy atom. The standard InChI is InChI=1S/C14H30N2/c1-6-14(9-15-8-11(2)3)16-10-12(4)7-13(16)5/h11-15H,6-10H2,1-5H3. The molecule has 0 bridgehead atoms. The minimum atomic E-state index is 0.735. The molecule has 0 aromatic rings. The lowest BCUT2D eigenvalue weighted by atomic mass is 10.1. The number of nitrogens with one attached hydrogen (secondary N) is 1. The normalized spacial score (nSPS) is 28.9. The van der Waals surface area contributed by atoms with Gasteiger partial charge < -0.3 is 5.32 Å². The fourth-order valence-corrected chi connectivity index (χ4v) is 2.88. The molecule has 1 fully saturated rings. The molecule has 0 aromatic carbocycles. The van der Waals surface area contributed by atoms with Crippen molar-refractivity contribution in [3.8, 4) is 0 Å². The molecule has 2 heteroatoms. The highest BCUT2D eigenvalue weighted by molar-refractivity contribution is 4.86. The summed E-state index contributed by atoms with van der Waals surface area (Å²) in [6.45, 7) is 15.2. The van der Waals surface area contributed by atoms with E-state index in [0.717, 1.165) is 37.0 Å². The van der Waals surface area contributed by atoms with Crippen molar-refractivity contribution in [3.63, 3.8) is 0 Å². The molecular weight excluding hydrogens is 196 g/mol. The monoisotopic (exact) mass is 226 g/mol. The van der Waals surface area contributed by atoms with Crippen LogP contribution in [-0.2, 0) is 0 Å². The highest BCUT2D eigenvalue weighted by atomic mass is 15.2. The molecule has 1 aliphatic heterocycles. The van der Waals surface area contributed by atoms with Crippen LogP contribution in [0.15, 0.2) is 0 Å². The summed E-state index contributed by atoms with van der Waals surface area (Å²) in [6.07, 6.45) is 2.64. The fourth-order valence-electron chi connectivity index (χ4n) is 2.88. The fraction of sp³-hybridized carbons (Fsp3) is 1.00. The summed E-state index contributed by atoms with van der Waals surface area (Å²) >= 11 is 0. The van der Waals surface area contributed by atoms with Crippen molar-refractivity contribution >= 4 is 0 Å². The summed E-state index contributed by atoms with van der Waals surface area (Å²) in [5.74, 6) is 1.64. The quantitative estimate of drug-likeness (QED) is 0.749. The van der Waals surface area contributed by atoms with Crippen LogP contribution in [0.3, 0.4) is 0 Å². The van der Waals surface area contributed by atoms with Crippen LogP contribution in [0.5, 0.6) is 0 Å². The lowest BCUT2D eigenvalue weighted by Crippen LogP contribution is -2.44. The van der Waals surface area contributed by atoms with Gasteiger partial charge in [0.25, 0.3) is 0 Å². The minimum absolute atomic E-state index is 0.735. The molecule has 0 spiro atoms. The molecule has 2 nitrogen and oxygen atoms in total. The third kappa shape index (κ3) is 4.06. The van der Waals surface area contributed by atoms with Gasteiger partial charge in [-0.3, -0.25) is 4.90 Å². The van der Waals surface area contributed by atoms with Crippen molar-refractivity contribution in [2.24, 2.45) is 11.8 Å². The predicted octanol–water partition coefficient (Wildman–Crippen LogP) is 2.74. The van der Waals surface area contributed by atoms with Gasteiger partial charge in [0.05, 0.1) is 0 Å². The molecule has 0 saturated carbocycles. The topological polar surface area (TPSA) is 15.3 Å². The van der Waals surface area contributed by atoms with Crippen molar-refractivity contribution < 1.29 is 0 Å². The van der Waals surface area contributed by atoms with Crippen LogP contribution in [0, 0.1) is 11.8 Å². The van der Waals surface area contributed by atoms with Gasteiger partial charge in [-0.2, -0.15) is 0 Å². The summed E-state index contributed by atoms with van der Waals surface area (Å²) in [5, 5.41) is 3.61. The van der Waals surface area contributed by atoms with Crippen LogP contribution >= 0.6 is 0 Å². The first-order valence-electron chi connectivity index (χ1n) is 7.01. The van der Waals surface area contributed by atoms with Gasteiger partial charge in [0.15, 0.2) is 0 Å². The van der Waals surface area contributed by atoms with E-state index in [1.807, 2.05) is 0 Å². The van der Waals surface area contributed by atoms with Crippen LogP contribution < -0.4 is 5.32 Å². The van der Waals surface area contributed by atoms with E-state index < -0.39 is 0 Å². The summed E-state index contributed by atoms with van der Waals surface area (Å²) in [6, 6.07) is 1.51. The van der Waals surface area contributed by atoms with E-state index in [1.54, 1.807) is 0 Å².